The Labute approximate surface area is 175 Å². The molecule has 0 saturated carbocycles. The highest BCUT2D eigenvalue weighted by molar-refractivity contribution is 6.31. The zero-order valence-electron chi connectivity index (χ0n) is 16.2. The summed E-state index contributed by atoms with van der Waals surface area (Å²) in [7, 11) is 0. The van der Waals surface area contributed by atoms with Crippen molar-refractivity contribution in [1.82, 2.24) is 14.5 Å². The molecule has 1 N–H and O–H groups in total. The molecule has 1 saturated heterocycles. The van der Waals surface area contributed by atoms with E-state index in [1.54, 1.807) is 6.08 Å². The molecule has 3 heterocycles. The van der Waals surface area contributed by atoms with Gasteiger partial charge < -0.3 is 5.11 Å². The SMILES string of the molecule is O=C(O)/C=C/Cc1ccc([C@@H]2CCCN2CCc2cnn3ccccc23)c(Cl)c1. The molecule has 4 rings (SSSR count). The predicted octanol–water partition coefficient (Wildman–Crippen LogP) is 4.55. The molecule has 2 aromatic heterocycles. The van der Waals surface area contributed by atoms with Crippen LogP contribution in [0.2, 0.25) is 5.02 Å². The monoisotopic (exact) mass is 409 g/mol. The number of hydrogen-bond acceptors (Lipinski definition) is 3. The van der Waals surface area contributed by atoms with Crippen LogP contribution < -0.4 is 0 Å². The van der Waals surface area contributed by atoms with Gasteiger partial charge in [0, 0.05) is 29.9 Å². The van der Waals surface area contributed by atoms with E-state index in [9.17, 15) is 4.79 Å². The van der Waals surface area contributed by atoms with Crippen LogP contribution in [0.3, 0.4) is 0 Å². The summed E-state index contributed by atoms with van der Waals surface area (Å²) in [6, 6.07) is 12.6. The maximum atomic E-state index is 10.6. The minimum atomic E-state index is -0.930. The number of fused-ring (bicyclic) bond motifs is 1. The van der Waals surface area contributed by atoms with Crippen LogP contribution >= 0.6 is 11.6 Å². The highest BCUT2D eigenvalue weighted by Gasteiger charge is 2.27. The Kier molecular flexibility index (Phi) is 5.97. The Morgan fingerprint density at radius 1 is 1.31 bits per heavy atom. The van der Waals surface area contributed by atoms with Gasteiger partial charge in [0.05, 0.1) is 11.7 Å². The van der Waals surface area contributed by atoms with E-state index in [0.717, 1.165) is 42.1 Å². The van der Waals surface area contributed by atoms with Crippen LogP contribution in [-0.4, -0.2) is 38.7 Å². The third kappa shape index (κ3) is 4.52. The molecular formula is C23H24ClN3O2. The third-order valence-electron chi connectivity index (χ3n) is 5.58. The number of aliphatic carboxylic acids is 1. The number of carboxylic acids is 1. The van der Waals surface area contributed by atoms with Crippen LogP contribution in [0, 0.1) is 0 Å². The quantitative estimate of drug-likeness (QED) is 0.581. The number of benzene rings is 1. The van der Waals surface area contributed by atoms with Crippen LogP contribution in [0.4, 0.5) is 0 Å². The maximum Gasteiger partial charge on any atom is 0.327 e. The van der Waals surface area contributed by atoms with E-state index in [4.69, 9.17) is 16.7 Å². The summed E-state index contributed by atoms with van der Waals surface area (Å²) in [4.78, 5) is 13.1. The number of halogens is 1. The van der Waals surface area contributed by atoms with Crippen molar-refractivity contribution in [2.75, 3.05) is 13.1 Å². The van der Waals surface area contributed by atoms with Crippen molar-refractivity contribution in [1.29, 1.82) is 0 Å². The zero-order valence-corrected chi connectivity index (χ0v) is 16.9. The molecule has 1 atom stereocenters. The molecule has 0 aliphatic carbocycles. The Hall–Kier alpha value is -2.63. The fourth-order valence-electron chi connectivity index (χ4n) is 4.15. The molecule has 0 bridgehead atoms. The number of nitrogens with zero attached hydrogens (tertiary/aromatic N) is 3. The van der Waals surface area contributed by atoms with Crippen molar-refractivity contribution in [2.24, 2.45) is 0 Å². The number of rotatable bonds is 7. The molecule has 0 radical (unpaired) electrons. The van der Waals surface area contributed by atoms with E-state index in [0.29, 0.717) is 12.5 Å². The average molecular weight is 410 g/mol. The fourth-order valence-corrected chi connectivity index (χ4v) is 4.48. The molecular weight excluding hydrogens is 386 g/mol. The van der Waals surface area contributed by atoms with Gasteiger partial charge in [0.25, 0.3) is 0 Å². The molecule has 0 unspecified atom stereocenters. The number of aromatic nitrogens is 2. The number of likely N-dealkylation sites (tertiary alicyclic amines) is 1. The molecule has 150 valence electrons. The maximum absolute atomic E-state index is 10.6. The van der Waals surface area contributed by atoms with E-state index in [1.807, 2.05) is 35.1 Å². The summed E-state index contributed by atoms with van der Waals surface area (Å²) in [6.45, 7) is 2.05. The van der Waals surface area contributed by atoms with Crippen molar-refractivity contribution >= 4 is 23.1 Å². The number of carboxylic acid groups (broad SMARTS) is 1. The summed E-state index contributed by atoms with van der Waals surface area (Å²) in [5.74, 6) is -0.930. The molecule has 3 aromatic rings. The summed E-state index contributed by atoms with van der Waals surface area (Å²) >= 11 is 6.61. The first-order valence-corrected chi connectivity index (χ1v) is 10.3. The lowest BCUT2D eigenvalue weighted by molar-refractivity contribution is -0.131. The minimum Gasteiger partial charge on any atom is -0.478 e. The van der Waals surface area contributed by atoms with Gasteiger partial charge in [-0.1, -0.05) is 35.9 Å². The molecule has 1 aliphatic heterocycles. The predicted molar refractivity (Wildman–Crippen MR) is 114 cm³/mol. The Balaban J connectivity index is 1.44. The molecule has 29 heavy (non-hydrogen) atoms. The summed E-state index contributed by atoms with van der Waals surface area (Å²) in [6.07, 6.45) is 10.5. The molecule has 0 amide bonds. The largest absolute Gasteiger partial charge is 0.478 e. The number of carbonyl (C=O) groups is 1. The van der Waals surface area contributed by atoms with Crippen LogP contribution in [0.25, 0.3) is 5.52 Å². The van der Waals surface area contributed by atoms with Gasteiger partial charge in [-0.3, -0.25) is 4.90 Å². The number of pyridine rings is 1. The summed E-state index contributed by atoms with van der Waals surface area (Å²) in [5, 5.41) is 13.9. The van der Waals surface area contributed by atoms with E-state index < -0.39 is 5.97 Å². The molecule has 1 aliphatic rings. The van der Waals surface area contributed by atoms with Crippen molar-refractivity contribution in [3.05, 3.63) is 82.7 Å². The van der Waals surface area contributed by atoms with Gasteiger partial charge in [-0.05, 0) is 67.1 Å². The number of allylic oxidation sites excluding steroid dienone is 1. The smallest absolute Gasteiger partial charge is 0.327 e. The highest BCUT2D eigenvalue weighted by atomic mass is 35.5. The zero-order chi connectivity index (χ0) is 20.2. The van der Waals surface area contributed by atoms with Crippen molar-refractivity contribution in [2.45, 2.75) is 31.7 Å². The van der Waals surface area contributed by atoms with Gasteiger partial charge in [-0.15, -0.1) is 0 Å². The second-order valence-corrected chi connectivity index (χ2v) is 7.85. The van der Waals surface area contributed by atoms with Gasteiger partial charge in [0.15, 0.2) is 0 Å². The molecule has 0 spiro atoms. The van der Waals surface area contributed by atoms with Crippen molar-refractivity contribution < 1.29 is 9.90 Å². The lowest BCUT2D eigenvalue weighted by Gasteiger charge is -2.25. The first-order valence-electron chi connectivity index (χ1n) is 9.95. The van der Waals surface area contributed by atoms with E-state index >= 15 is 0 Å². The van der Waals surface area contributed by atoms with Crippen LogP contribution in [0.1, 0.15) is 35.6 Å². The second kappa shape index (κ2) is 8.80. The molecule has 1 fully saturated rings. The average Bonchev–Trinajstić information content (AvgIpc) is 3.33. The Morgan fingerprint density at radius 2 is 2.21 bits per heavy atom. The fraction of sp³-hybridized carbons (Fsp3) is 0.304. The molecule has 6 heteroatoms. The third-order valence-corrected chi connectivity index (χ3v) is 5.90. The van der Waals surface area contributed by atoms with Gasteiger partial charge >= 0.3 is 5.97 Å². The van der Waals surface area contributed by atoms with Gasteiger partial charge in [-0.2, -0.15) is 5.10 Å². The lowest BCUT2D eigenvalue weighted by atomic mass is 10.0. The van der Waals surface area contributed by atoms with Gasteiger partial charge in [0.2, 0.25) is 0 Å². The first kappa shape index (κ1) is 19.7. The Bertz CT molecular complexity index is 1040. The van der Waals surface area contributed by atoms with E-state index in [-0.39, 0.29) is 0 Å². The summed E-state index contributed by atoms with van der Waals surface area (Å²) in [5.41, 5.74) is 4.62. The molecule has 5 nitrogen and oxygen atoms in total. The summed E-state index contributed by atoms with van der Waals surface area (Å²) < 4.78 is 1.92. The van der Waals surface area contributed by atoms with Crippen LogP contribution in [0.5, 0.6) is 0 Å². The van der Waals surface area contributed by atoms with E-state index in [2.05, 4.69) is 28.2 Å². The van der Waals surface area contributed by atoms with E-state index in [1.165, 1.54) is 23.6 Å². The van der Waals surface area contributed by atoms with Crippen LogP contribution in [0.15, 0.2) is 60.9 Å². The first-order chi connectivity index (χ1) is 14.1. The molecule has 1 aromatic carbocycles. The highest BCUT2D eigenvalue weighted by Crippen LogP contribution is 2.36. The normalized spacial score (nSPS) is 17.5. The van der Waals surface area contributed by atoms with Crippen LogP contribution in [-0.2, 0) is 17.6 Å². The lowest BCUT2D eigenvalue weighted by Crippen LogP contribution is -2.26. The van der Waals surface area contributed by atoms with Gasteiger partial charge in [0.1, 0.15) is 0 Å². The Morgan fingerprint density at radius 3 is 3.03 bits per heavy atom. The van der Waals surface area contributed by atoms with Gasteiger partial charge in [-0.25, -0.2) is 9.31 Å². The second-order valence-electron chi connectivity index (χ2n) is 7.44. The van der Waals surface area contributed by atoms with Crippen molar-refractivity contribution in [3.63, 3.8) is 0 Å². The minimum absolute atomic E-state index is 0.327. The van der Waals surface area contributed by atoms with Crippen molar-refractivity contribution in [3.8, 4) is 0 Å². The number of hydrogen-bond donors (Lipinski definition) is 1. The topological polar surface area (TPSA) is 57.8 Å². The standard InChI is InChI=1S/C23H24ClN3O2/c24-20-15-17(5-3-8-23(28)29)9-10-19(20)22-7-4-12-26(22)14-11-18-16-25-27-13-2-1-6-21(18)27/h1-3,6,8-10,13,15-16,22H,4-5,7,11-12,14H2,(H,28,29)/b8-3+/t22-/m0/s1.